The lowest BCUT2D eigenvalue weighted by molar-refractivity contribution is -0.131. The van der Waals surface area contributed by atoms with Gasteiger partial charge in [0.15, 0.2) is 0 Å². The van der Waals surface area contributed by atoms with E-state index in [1.54, 1.807) is 0 Å². The van der Waals surface area contributed by atoms with E-state index in [2.05, 4.69) is 39.4 Å². The molecule has 3 aliphatic rings. The van der Waals surface area contributed by atoms with E-state index in [4.69, 9.17) is 0 Å². The van der Waals surface area contributed by atoms with E-state index in [0.717, 1.165) is 45.4 Å². The molecule has 2 unspecified atom stereocenters. The highest BCUT2D eigenvalue weighted by molar-refractivity contribution is 5.79. The van der Waals surface area contributed by atoms with Crippen LogP contribution in [0.4, 0.5) is 5.69 Å². The van der Waals surface area contributed by atoms with Crippen molar-refractivity contribution in [3.63, 3.8) is 0 Å². The summed E-state index contributed by atoms with van der Waals surface area (Å²) < 4.78 is 0. The molecule has 3 aliphatic heterocycles. The molecular weight excluding hydrogens is 250 g/mol. The number of fused-ring (bicyclic) bond motifs is 2. The first-order chi connectivity index (χ1) is 9.81. The summed E-state index contributed by atoms with van der Waals surface area (Å²) in [5.74, 6) is 0.363. The number of piperazine rings is 1. The molecule has 0 aromatic heterocycles. The van der Waals surface area contributed by atoms with Gasteiger partial charge in [0.05, 0.1) is 0 Å². The minimum Gasteiger partial charge on any atom is -0.383 e. The second-order valence-corrected chi connectivity index (χ2v) is 6.17. The topological polar surface area (TPSA) is 35.6 Å². The number of amides is 1. The number of hydrogen-bond acceptors (Lipinski definition) is 3. The Kier molecular flexibility index (Phi) is 2.91. The lowest BCUT2D eigenvalue weighted by atomic mass is 9.97. The molecule has 0 radical (unpaired) electrons. The van der Waals surface area contributed by atoms with Crippen LogP contribution in [0.15, 0.2) is 24.3 Å². The fourth-order valence-corrected chi connectivity index (χ4v) is 3.90. The van der Waals surface area contributed by atoms with Crippen molar-refractivity contribution in [2.45, 2.75) is 31.3 Å². The van der Waals surface area contributed by atoms with Gasteiger partial charge in [-0.05, 0) is 24.5 Å². The number of para-hydroxylation sites is 1. The number of nitrogens with zero attached hydrogens (tertiary/aromatic N) is 2. The number of hydrogen-bond donors (Lipinski definition) is 1. The van der Waals surface area contributed by atoms with E-state index in [0.29, 0.717) is 18.0 Å². The fraction of sp³-hybridized carbons (Fsp3) is 0.562. The van der Waals surface area contributed by atoms with Crippen molar-refractivity contribution in [2.24, 2.45) is 0 Å². The third-order valence-electron chi connectivity index (χ3n) is 5.04. The normalized spacial score (nSPS) is 29.8. The first-order valence-corrected chi connectivity index (χ1v) is 7.66. The number of anilines is 1. The summed E-state index contributed by atoms with van der Waals surface area (Å²) in [4.78, 5) is 16.4. The van der Waals surface area contributed by atoms with Crippen molar-refractivity contribution in [3.8, 4) is 0 Å². The van der Waals surface area contributed by atoms with Gasteiger partial charge in [0, 0.05) is 50.4 Å². The van der Waals surface area contributed by atoms with Gasteiger partial charge in [-0.25, -0.2) is 0 Å². The highest BCUT2D eigenvalue weighted by Gasteiger charge is 2.37. The maximum Gasteiger partial charge on any atom is 0.222 e. The first kappa shape index (κ1) is 12.2. The van der Waals surface area contributed by atoms with E-state index in [9.17, 15) is 4.79 Å². The molecular formula is C16H21N3O. The predicted molar refractivity (Wildman–Crippen MR) is 78.7 cm³/mol. The minimum atomic E-state index is 0.363. The zero-order chi connectivity index (χ0) is 13.5. The van der Waals surface area contributed by atoms with Gasteiger partial charge in [0.2, 0.25) is 5.91 Å². The van der Waals surface area contributed by atoms with Gasteiger partial charge in [0.1, 0.15) is 0 Å². The third kappa shape index (κ3) is 1.99. The fourth-order valence-electron chi connectivity index (χ4n) is 3.90. The summed E-state index contributed by atoms with van der Waals surface area (Å²) in [7, 11) is 0. The molecule has 4 heteroatoms. The molecule has 1 aromatic carbocycles. The van der Waals surface area contributed by atoms with Crippen molar-refractivity contribution in [1.29, 1.82) is 0 Å². The molecule has 1 aromatic rings. The van der Waals surface area contributed by atoms with E-state index in [-0.39, 0.29) is 0 Å². The highest BCUT2D eigenvalue weighted by Crippen LogP contribution is 2.28. The lowest BCUT2D eigenvalue weighted by Crippen LogP contribution is -2.56. The summed E-state index contributed by atoms with van der Waals surface area (Å²) in [6.07, 6.45) is 2.93. The molecule has 0 bridgehead atoms. The van der Waals surface area contributed by atoms with Crippen LogP contribution in [-0.2, 0) is 11.2 Å². The Bertz CT molecular complexity index is 530. The van der Waals surface area contributed by atoms with Crippen LogP contribution >= 0.6 is 0 Å². The maximum absolute atomic E-state index is 11.8. The smallest absolute Gasteiger partial charge is 0.222 e. The molecule has 3 heterocycles. The molecule has 20 heavy (non-hydrogen) atoms. The zero-order valence-electron chi connectivity index (χ0n) is 11.7. The summed E-state index contributed by atoms with van der Waals surface area (Å²) in [6, 6.07) is 9.64. The molecule has 4 nitrogen and oxygen atoms in total. The maximum atomic E-state index is 11.8. The molecule has 0 spiro atoms. The number of nitrogens with one attached hydrogen (secondary N) is 1. The zero-order valence-corrected chi connectivity index (χ0v) is 11.7. The van der Waals surface area contributed by atoms with Gasteiger partial charge in [0.25, 0.3) is 0 Å². The second kappa shape index (κ2) is 4.77. The van der Waals surface area contributed by atoms with Crippen molar-refractivity contribution in [3.05, 3.63) is 29.8 Å². The second-order valence-electron chi connectivity index (χ2n) is 6.17. The SMILES string of the molecule is O=C1CCC2CN(C3CNc4ccccc4C3)CCN12. The molecule has 0 saturated carbocycles. The predicted octanol–water partition coefficient (Wildman–Crippen LogP) is 1.33. The number of rotatable bonds is 1. The molecule has 0 aliphatic carbocycles. The Morgan fingerprint density at radius 3 is 3.00 bits per heavy atom. The van der Waals surface area contributed by atoms with Gasteiger partial charge < -0.3 is 10.2 Å². The molecule has 106 valence electrons. The Hall–Kier alpha value is -1.55. The number of carbonyl (C=O) groups is 1. The molecule has 1 N–H and O–H groups in total. The van der Waals surface area contributed by atoms with Gasteiger partial charge >= 0.3 is 0 Å². The monoisotopic (exact) mass is 271 g/mol. The van der Waals surface area contributed by atoms with Gasteiger partial charge in [-0.1, -0.05) is 18.2 Å². The summed E-state index contributed by atoms with van der Waals surface area (Å²) in [5, 5.41) is 3.56. The van der Waals surface area contributed by atoms with Crippen LogP contribution < -0.4 is 5.32 Å². The van der Waals surface area contributed by atoms with Crippen LogP contribution in [0.3, 0.4) is 0 Å². The molecule has 2 atom stereocenters. The molecule has 2 saturated heterocycles. The Balaban J connectivity index is 1.46. The molecule has 1 amide bonds. The van der Waals surface area contributed by atoms with Crippen LogP contribution in [0, 0.1) is 0 Å². The van der Waals surface area contributed by atoms with E-state index < -0.39 is 0 Å². The highest BCUT2D eigenvalue weighted by atomic mass is 16.2. The van der Waals surface area contributed by atoms with Crippen LogP contribution in [0.2, 0.25) is 0 Å². The third-order valence-corrected chi connectivity index (χ3v) is 5.04. The van der Waals surface area contributed by atoms with Crippen molar-refractivity contribution in [1.82, 2.24) is 9.80 Å². The van der Waals surface area contributed by atoms with Gasteiger partial charge in [-0.2, -0.15) is 0 Å². The number of carbonyl (C=O) groups excluding carboxylic acids is 1. The summed E-state index contributed by atoms with van der Waals surface area (Å²) >= 11 is 0. The van der Waals surface area contributed by atoms with E-state index >= 15 is 0 Å². The van der Waals surface area contributed by atoms with E-state index in [1.165, 1.54) is 11.3 Å². The Labute approximate surface area is 119 Å². The summed E-state index contributed by atoms with van der Waals surface area (Å²) in [5.41, 5.74) is 2.71. The van der Waals surface area contributed by atoms with Crippen molar-refractivity contribution < 1.29 is 4.79 Å². The Morgan fingerprint density at radius 2 is 2.05 bits per heavy atom. The summed E-state index contributed by atoms with van der Waals surface area (Å²) in [6.45, 7) is 4.02. The number of benzene rings is 1. The van der Waals surface area contributed by atoms with Gasteiger partial charge in [-0.15, -0.1) is 0 Å². The first-order valence-electron chi connectivity index (χ1n) is 7.66. The van der Waals surface area contributed by atoms with Crippen LogP contribution in [0.5, 0.6) is 0 Å². The van der Waals surface area contributed by atoms with Crippen LogP contribution in [-0.4, -0.2) is 54.0 Å². The Morgan fingerprint density at radius 1 is 1.15 bits per heavy atom. The average molecular weight is 271 g/mol. The standard InChI is InChI=1S/C16H21N3O/c20-16-6-5-13-11-18(7-8-19(13)16)14-9-12-3-1-2-4-15(12)17-10-14/h1-4,13-14,17H,5-11H2. The van der Waals surface area contributed by atoms with Crippen LogP contribution in [0.1, 0.15) is 18.4 Å². The van der Waals surface area contributed by atoms with Gasteiger partial charge in [-0.3, -0.25) is 9.69 Å². The quantitative estimate of drug-likeness (QED) is 0.837. The lowest BCUT2D eigenvalue weighted by Gasteiger charge is -2.43. The van der Waals surface area contributed by atoms with E-state index in [1.807, 2.05) is 0 Å². The van der Waals surface area contributed by atoms with Crippen LogP contribution in [0.25, 0.3) is 0 Å². The van der Waals surface area contributed by atoms with Crippen molar-refractivity contribution >= 4 is 11.6 Å². The average Bonchev–Trinajstić information content (AvgIpc) is 2.88. The largest absolute Gasteiger partial charge is 0.383 e. The molecule has 4 rings (SSSR count). The minimum absolute atomic E-state index is 0.363. The molecule has 2 fully saturated rings. The van der Waals surface area contributed by atoms with Crippen molar-refractivity contribution in [2.75, 3.05) is 31.5 Å².